The van der Waals surface area contributed by atoms with E-state index in [4.69, 9.17) is 5.11 Å². The molecule has 7 nitrogen and oxygen atoms in total. The van der Waals surface area contributed by atoms with Crippen LogP contribution in [0.4, 0.5) is 0 Å². The number of hydrogen-bond acceptors (Lipinski definition) is 5. The summed E-state index contributed by atoms with van der Waals surface area (Å²) in [7, 11) is -2.28. The summed E-state index contributed by atoms with van der Waals surface area (Å²) in [5, 5.41) is 12.7. The maximum Gasteiger partial charge on any atom is 0.303 e. The molecule has 9 heteroatoms. The molecule has 1 rings (SSSR count). The molecule has 0 saturated carbocycles. The molecule has 0 fully saturated rings. The number of sulfonamides is 1. The fourth-order valence-corrected chi connectivity index (χ4v) is 3.45. The molecule has 0 saturated heterocycles. The number of carboxylic acid groups (broad SMARTS) is 1. The quantitative estimate of drug-likeness (QED) is 0.689. The third-order valence-corrected chi connectivity index (χ3v) is 5.27. The molecule has 0 spiro atoms. The monoisotopic (exact) mass is 334 g/mol. The van der Waals surface area contributed by atoms with E-state index in [1.54, 1.807) is 13.8 Å². The number of rotatable bonds is 7. The molecule has 1 aromatic heterocycles. The first-order valence-corrected chi connectivity index (χ1v) is 8.50. The van der Waals surface area contributed by atoms with Crippen LogP contribution in [0, 0.1) is 0 Å². The first-order chi connectivity index (χ1) is 9.57. The molecule has 118 valence electrons. The second-order valence-electron chi connectivity index (χ2n) is 5.09. The lowest BCUT2D eigenvalue weighted by Crippen LogP contribution is -2.43. The van der Waals surface area contributed by atoms with Crippen molar-refractivity contribution >= 4 is 33.2 Å². The molecular weight excluding hydrogens is 316 g/mol. The highest BCUT2D eigenvalue weighted by Gasteiger charge is 2.24. The predicted molar refractivity (Wildman–Crippen MR) is 79.0 cm³/mol. The third kappa shape index (κ3) is 5.10. The van der Waals surface area contributed by atoms with Gasteiger partial charge >= 0.3 is 5.97 Å². The van der Waals surface area contributed by atoms with E-state index in [2.05, 4.69) is 10.0 Å². The van der Waals surface area contributed by atoms with Crippen LogP contribution in [0.1, 0.15) is 36.4 Å². The third-order valence-electron chi connectivity index (χ3n) is 2.79. The first kappa shape index (κ1) is 17.6. The van der Waals surface area contributed by atoms with Gasteiger partial charge in [-0.3, -0.25) is 9.59 Å². The zero-order valence-electron chi connectivity index (χ0n) is 12.0. The van der Waals surface area contributed by atoms with Crippen LogP contribution >= 0.6 is 11.3 Å². The van der Waals surface area contributed by atoms with Gasteiger partial charge in [-0.05, 0) is 33.4 Å². The molecule has 0 aromatic carbocycles. The first-order valence-electron chi connectivity index (χ1n) is 6.14. The molecule has 3 N–H and O–H groups in total. The minimum absolute atomic E-state index is 0.0310. The molecule has 1 heterocycles. The maximum atomic E-state index is 12.1. The van der Waals surface area contributed by atoms with Gasteiger partial charge < -0.3 is 10.4 Å². The predicted octanol–water partition coefficient (Wildman–Crippen LogP) is 1.03. The normalized spacial score (nSPS) is 12.1. The average molecular weight is 334 g/mol. The number of thiophene rings is 1. The van der Waals surface area contributed by atoms with E-state index >= 15 is 0 Å². The van der Waals surface area contributed by atoms with Crippen molar-refractivity contribution in [3.8, 4) is 0 Å². The second kappa shape index (κ2) is 6.54. The largest absolute Gasteiger partial charge is 0.481 e. The lowest BCUT2D eigenvalue weighted by Gasteiger charge is -2.25. The molecule has 0 radical (unpaired) electrons. The summed E-state index contributed by atoms with van der Waals surface area (Å²) in [5.41, 5.74) is -0.693. The van der Waals surface area contributed by atoms with Crippen LogP contribution in [0.15, 0.2) is 16.3 Å². The van der Waals surface area contributed by atoms with Gasteiger partial charge in [0.05, 0.1) is 9.77 Å². The Balaban J connectivity index is 2.79. The average Bonchev–Trinajstić information content (AvgIpc) is 2.86. The number of amides is 1. The van der Waals surface area contributed by atoms with Crippen molar-refractivity contribution in [1.82, 2.24) is 10.0 Å². The van der Waals surface area contributed by atoms with E-state index in [1.165, 1.54) is 18.5 Å². The lowest BCUT2D eigenvalue weighted by atomic mass is 9.98. The van der Waals surface area contributed by atoms with Crippen LogP contribution in [-0.4, -0.2) is 38.0 Å². The fourth-order valence-electron chi connectivity index (χ4n) is 1.55. The van der Waals surface area contributed by atoms with Gasteiger partial charge in [-0.2, -0.15) is 0 Å². The Morgan fingerprint density at radius 1 is 1.38 bits per heavy atom. The van der Waals surface area contributed by atoms with E-state index in [0.29, 0.717) is 0 Å². The van der Waals surface area contributed by atoms with Crippen molar-refractivity contribution in [1.29, 1.82) is 0 Å². The maximum absolute atomic E-state index is 12.1. The minimum atomic E-state index is -3.57. The molecule has 1 amide bonds. The number of hydrogen-bond donors (Lipinski definition) is 3. The van der Waals surface area contributed by atoms with Gasteiger partial charge in [0, 0.05) is 17.3 Å². The van der Waals surface area contributed by atoms with Crippen molar-refractivity contribution in [2.45, 2.75) is 37.1 Å². The van der Waals surface area contributed by atoms with E-state index in [-0.39, 0.29) is 22.6 Å². The highest BCUT2D eigenvalue weighted by Crippen LogP contribution is 2.20. The van der Waals surface area contributed by atoms with E-state index in [0.717, 1.165) is 11.3 Å². The number of carbonyl (C=O) groups is 2. The molecular formula is C12H18N2O5S2. The van der Waals surface area contributed by atoms with Crippen molar-refractivity contribution in [3.63, 3.8) is 0 Å². The van der Waals surface area contributed by atoms with Crippen molar-refractivity contribution in [3.05, 3.63) is 16.3 Å². The van der Waals surface area contributed by atoms with Gasteiger partial charge in [0.15, 0.2) is 0 Å². The molecule has 1 aromatic rings. The standard InChI is InChI=1S/C12H18N2O5S2/c1-12(2,5-4-10(15)16)14-11(17)9-6-8(7-20-9)21(18,19)13-3/h6-7,13H,4-5H2,1-3H3,(H,14,17)(H,15,16). The molecule has 21 heavy (non-hydrogen) atoms. The van der Waals surface area contributed by atoms with E-state index < -0.39 is 27.4 Å². The van der Waals surface area contributed by atoms with Gasteiger partial charge in [-0.1, -0.05) is 0 Å². The number of nitrogens with one attached hydrogen (secondary N) is 2. The topological polar surface area (TPSA) is 113 Å². The highest BCUT2D eigenvalue weighted by molar-refractivity contribution is 7.89. The second-order valence-corrected chi connectivity index (χ2v) is 7.88. The van der Waals surface area contributed by atoms with Gasteiger partial charge in [0.1, 0.15) is 0 Å². The summed E-state index contributed by atoms with van der Waals surface area (Å²) in [4.78, 5) is 22.9. The van der Waals surface area contributed by atoms with E-state index in [1.807, 2.05) is 0 Å². The van der Waals surface area contributed by atoms with Crippen molar-refractivity contribution in [2.24, 2.45) is 0 Å². The molecule has 0 bridgehead atoms. The number of carbonyl (C=O) groups excluding carboxylic acids is 1. The summed E-state index contributed by atoms with van der Waals surface area (Å²) in [6.07, 6.45) is 0.220. The summed E-state index contributed by atoms with van der Waals surface area (Å²) >= 11 is 1.02. The van der Waals surface area contributed by atoms with Crippen LogP contribution in [0.2, 0.25) is 0 Å². The smallest absolute Gasteiger partial charge is 0.303 e. The Bertz CT molecular complexity index is 634. The molecule has 0 aliphatic heterocycles. The number of aliphatic carboxylic acids is 1. The Labute approximate surface area is 127 Å². The Hall–Kier alpha value is -1.45. The Morgan fingerprint density at radius 3 is 2.52 bits per heavy atom. The Kier molecular flexibility index (Phi) is 5.48. The number of carboxylic acids is 1. The van der Waals surface area contributed by atoms with Gasteiger partial charge in [0.25, 0.3) is 5.91 Å². The molecule has 0 unspecified atom stereocenters. The van der Waals surface area contributed by atoms with Crippen LogP contribution in [0.25, 0.3) is 0 Å². The summed E-state index contributed by atoms with van der Waals surface area (Å²) in [6, 6.07) is 1.29. The van der Waals surface area contributed by atoms with E-state index in [9.17, 15) is 18.0 Å². The van der Waals surface area contributed by atoms with Gasteiger partial charge in [-0.25, -0.2) is 13.1 Å². The fraction of sp³-hybridized carbons (Fsp3) is 0.500. The van der Waals surface area contributed by atoms with Crippen LogP contribution < -0.4 is 10.0 Å². The van der Waals surface area contributed by atoms with Gasteiger partial charge in [-0.15, -0.1) is 11.3 Å². The molecule has 0 atom stereocenters. The van der Waals surface area contributed by atoms with Crippen molar-refractivity contribution in [2.75, 3.05) is 7.05 Å². The van der Waals surface area contributed by atoms with Crippen LogP contribution in [-0.2, 0) is 14.8 Å². The van der Waals surface area contributed by atoms with Gasteiger partial charge in [0.2, 0.25) is 10.0 Å². The SMILES string of the molecule is CNS(=O)(=O)c1csc(C(=O)NC(C)(C)CCC(=O)O)c1. The highest BCUT2D eigenvalue weighted by atomic mass is 32.2. The Morgan fingerprint density at radius 2 is 2.00 bits per heavy atom. The zero-order valence-corrected chi connectivity index (χ0v) is 13.6. The minimum Gasteiger partial charge on any atom is -0.481 e. The molecule has 0 aliphatic rings. The summed E-state index contributed by atoms with van der Waals surface area (Å²) in [5.74, 6) is -1.36. The summed E-state index contributed by atoms with van der Waals surface area (Å²) in [6.45, 7) is 3.43. The van der Waals surface area contributed by atoms with Crippen LogP contribution in [0.3, 0.4) is 0 Å². The lowest BCUT2D eigenvalue weighted by molar-refractivity contribution is -0.137. The zero-order chi connectivity index (χ0) is 16.3. The van der Waals surface area contributed by atoms with Crippen molar-refractivity contribution < 1.29 is 23.1 Å². The molecule has 0 aliphatic carbocycles. The van der Waals surface area contributed by atoms with Crippen LogP contribution in [0.5, 0.6) is 0 Å². The summed E-state index contributed by atoms with van der Waals surface area (Å²) < 4.78 is 25.4.